The van der Waals surface area contributed by atoms with E-state index in [2.05, 4.69) is 48.1 Å². The van der Waals surface area contributed by atoms with E-state index < -0.39 is 6.10 Å². The van der Waals surface area contributed by atoms with Crippen molar-refractivity contribution in [3.8, 4) is 28.3 Å². The van der Waals surface area contributed by atoms with Gasteiger partial charge in [0.05, 0.1) is 0 Å². The SMILES string of the molecule is CCCCCCCCCCc1ccc(-c2ncc(-c3ccc(OCC(C)OC(=O)C(C)OCCCCC)cc3)cn2)cc1. The molecule has 0 fully saturated rings. The summed E-state index contributed by atoms with van der Waals surface area (Å²) in [7, 11) is 0. The van der Waals surface area contributed by atoms with E-state index in [-0.39, 0.29) is 18.7 Å². The van der Waals surface area contributed by atoms with Gasteiger partial charge in [0.2, 0.25) is 0 Å². The molecule has 2 unspecified atom stereocenters. The molecule has 3 rings (SSSR count). The van der Waals surface area contributed by atoms with Gasteiger partial charge >= 0.3 is 5.97 Å². The summed E-state index contributed by atoms with van der Waals surface area (Å²) >= 11 is 0. The number of ether oxygens (including phenoxy) is 3. The first-order chi connectivity index (χ1) is 21.0. The van der Waals surface area contributed by atoms with E-state index >= 15 is 0 Å². The summed E-state index contributed by atoms with van der Waals surface area (Å²) in [5.41, 5.74) is 4.36. The highest BCUT2D eigenvalue weighted by Gasteiger charge is 2.18. The van der Waals surface area contributed by atoms with Crippen LogP contribution in [0.2, 0.25) is 0 Å². The number of aromatic nitrogens is 2. The number of aryl methyl sites for hydroxylation is 1. The number of rotatable bonds is 21. The Morgan fingerprint density at radius 2 is 1.28 bits per heavy atom. The molecular weight excluding hydrogens is 536 g/mol. The molecule has 0 aliphatic carbocycles. The van der Waals surface area contributed by atoms with Crippen LogP contribution in [0.3, 0.4) is 0 Å². The largest absolute Gasteiger partial charge is 0.490 e. The van der Waals surface area contributed by atoms with Crippen LogP contribution < -0.4 is 4.74 Å². The zero-order valence-corrected chi connectivity index (χ0v) is 26.9. The molecule has 6 nitrogen and oxygen atoms in total. The van der Waals surface area contributed by atoms with E-state index in [4.69, 9.17) is 14.2 Å². The molecule has 234 valence electrons. The van der Waals surface area contributed by atoms with E-state index in [1.165, 1.54) is 56.9 Å². The lowest BCUT2D eigenvalue weighted by atomic mass is 10.0. The Balaban J connectivity index is 1.40. The summed E-state index contributed by atoms with van der Waals surface area (Å²) in [5, 5.41) is 0. The van der Waals surface area contributed by atoms with Gasteiger partial charge in [-0.3, -0.25) is 0 Å². The van der Waals surface area contributed by atoms with Gasteiger partial charge in [0.15, 0.2) is 11.9 Å². The molecule has 2 aromatic carbocycles. The predicted octanol–water partition coefficient (Wildman–Crippen LogP) is 9.40. The summed E-state index contributed by atoms with van der Waals surface area (Å²) in [5.74, 6) is 1.08. The van der Waals surface area contributed by atoms with Crippen molar-refractivity contribution in [3.63, 3.8) is 0 Å². The zero-order valence-electron chi connectivity index (χ0n) is 26.9. The van der Waals surface area contributed by atoms with Gasteiger partial charge in [0.1, 0.15) is 18.5 Å². The van der Waals surface area contributed by atoms with Crippen LogP contribution >= 0.6 is 0 Å². The fourth-order valence-electron chi connectivity index (χ4n) is 4.88. The molecular formula is C37H52N2O4. The van der Waals surface area contributed by atoms with Crippen LogP contribution in [0.25, 0.3) is 22.5 Å². The Morgan fingerprint density at radius 3 is 1.93 bits per heavy atom. The Labute approximate surface area is 259 Å². The lowest BCUT2D eigenvalue weighted by Gasteiger charge is -2.18. The second kappa shape index (κ2) is 19.8. The van der Waals surface area contributed by atoms with Crippen molar-refractivity contribution in [2.24, 2.45) is 0 Å². The summed E-state index contributed by atoms with van der Waals surface area (Å²) in [6.45, 7) is 8.79. The average molecular weight is 589 g/mol. The predicted molar refractivity (Wildman–Crippen MR) is 175 cm³/mol. The van der Waals surface area contributed by atoms with E-state index in [1.807, 2.05) is 43.6 Å². The molecule has 0 amide bonds. The first-order valence-corrected chi connectivity index (χ1v) is 16.5. The van der Waals surface area contributed by atoms with Crippen molar-refractivity contribution in [1.29, 1.82) is 0 Å². The van der Waals surface area contributed by atoms with E-state index in [0.717, 1.165) is 48.2 Å². The van der Waals surface area contributed by atoms with Crippen molar-refractivity contribution in [2.75, 3.05) is 13.2 Å². The van der Waals surface area contributed by atoms with E-state index in [0.29, 0.717) is 12.4 Å². The molecule has 0 N–H and O–H groups in total. The molecule has 0 radical (unpaired) electrons. The zero-order chi connectivity index (χ0) is 30.7. The molecule has 0 spiro atoms. The van der Waals surface area contributed by atoms with Gasteiger partial charge in [-0.05, 0) is 56.4 Å². The van der Waals surface area contributed by atoms with Gasteiger partial charge in [-0.2, -0.15) is 0 Å². The van der Waals surface area contributed by atoms with Crippen LogP contribution in [0.4, 0.5) is 0 Å². The third-order valence-corrected chi connectivity index (χ3v) is 7.62. The van der Waals surface area contributed by atoms with Gasteiger partial charge in [-0.25, -0.2) is 14.8 Å². The Bertz CT molecular complexity index is 1160. The first kappa shape index (κ1) is 34.2. The van der Waals surface area contributed by atoms with Gasteiger partial charge < -0.3 is 14.2 Å². The molecule has 6 heteroatoms. The molecule has 0 bridgehead atoms. The molecule has 43 heavy (non-hydrogen) atoms. The molecule has 1 heterocycles. The normalized spacial score (nSPS) is 12.6. The number of hydrogen-bond acceptors (Lipinski definition) is 6. The van der Waals surface area contributed by atoms with Crippen LogP contribution in [0.5, 0.6) is 5.75 Å². The summed E-state index contributed by atoms with van der Waals surface area (Å²) < 4.78 is 16.9. The number of hydrogen-bond donors (Lipinski definition) is 0. The number of unbranched alkanes of at least 4 members (excludes halogenated alkanes) is 9. The van der Waals surface area contributed by atoms with Crippen LogP contribution in [0.15, 0.2) is 60.9 Å². The highest BCUT2D eigenvalue weighted by Crippen LogP contribution is 2.24. The average Bonchev–Trinajstić information content (AvgIpc) is 3.04. The van der Waals surface area contributed by atoms with Crippen molar-refractivity contribution in [2.45, 2.75) is 117 Å². The van der Waals surface area contributed by atoms with Crippen molar-refractivity contribution >= 4 is 5.97 Å². The molecule has 3 aromatic rings. The topological polar surface area (TPSA) is 70.5 Å². The number of carbonyl (C=O) groups excluding carboxylic acids is 1. The van der Waals surface area contributed by atoms with Crippen molar-refractivity contribution in [1.82, 2.24) is 9.97 Å². The number of carbonyl (C=O) groups is 1. The number of nitrogens with zero attached hydrogens (tertiary/aromatic N) is 2. The Kier molecular flexibility index (Phi) is 15.8. The standard InChI is InChI=1S/C37H52N2O4/c1-5-7-9-10-11-12-13-14-16-31-17-19-33(20-18-31)36-38-26-34(27-39-36)32-21-23-35(24-22-32)42-28-29(3)43-37(40)30(4)41-25-15-8-6-2/h17-24,26-27,29-30H,5-16,25,28H2,1-4H3. The lowest BCUT2D eigenvalue weighted by molar-refractivity contribution is -0.162. The van der Waals surface area contributed by atoms with Gasteiger partial charge in [0.25, 0.3) is 0 Å². The van der Waals surface area contributed by atoms with Gasteiger partial charge in [-0.1, -0.05) is 108 Å². The van der Waals surface area contributed by atoms with Crippen LogP contribution in [-0.4, -0.2) is 41.4 Å². The smallest absolute Gasteiger partial charge is 0.335 e. The molecule has 1 aromatic heterocycles. The summed E-state index contributed by atoms with van der Waals surface area (Å²) in [6.07, 6.45) is 17.8. The third-order valence-electron chi connectivity index (χ3n) is 7.62. The van der Waals surface area contributed by atoms with Crippen molar-refractivity contribution < 1.29 is 19.0 Å². The number of benzene rings is 2. The van der Waals surface area contributed by atoms with Crippen LogP contribution in [0.1, 0.15) is 104 Å². The fraction of sp³-hybridized carbons (Fsp3) is 0.541. The highest BCUT2D eigenvalue weighted by atomic mass is 16.6. The lowest BCUT2D eigenvalue weighted by Crippen LogP contribution is -2.30. The Morgan fingerprint density at radius 1 is 0.698 bits per heavy atom. The minimum absolute atomic E-state index is 0.267. The number of esters is 1. The second-order valence-corrected chi connectivity index (χ2v) is 11.5. The fourth-order valence-corrected chi connectivity index (χ4v) is 4.88. The van der Waals surface area contributed by atoms with Gasteiger partial charge in [0, 0.05) is 30.1 Å². The third kappa shape index (κ3) is 12.9. The maximum atomic E-state index is 12.2. The van der Waals surface area contributed by atoms with Crippen LogP contribution in [-0.2, 0) is 20.7 Å². The molecule has 0 aliphatic heterocycles. The van der Waals surface area contributed by atoms with E-state index in [1.54, 1.807) is 6.92 Å². The van der Waals surface area contributed by atoms with E-state index in [9.17, 15) is 4.79 Å². The highest BCUT2D eigenvalue weighted by molar-refractivity contribution is 5.74. The monoisotopic (exact) mass is 588 g/mol. The minimum Gasteiger partial charge on any atom is -0.490 e. The maximum Gasteiger partial charge on any atom is 0.335 e. The molecule has 0 saturated carbocycles. The Hall–Kier alpha value is -3.25. The first-order valence-electron chi connectivity index (χ1n) is 16.5. The van der Waals surface area contributed by atoms with Crippen molar-refractivity contribution in [3.05, 3.63) is 66.5 Å². The molecule has 2 atom stereocenters. The maximum absolute atomic E-state index is 12.2. The summed E-state index contributed by atoms with van der Waals surface area (Å²) in [6, 6.07) is 16.4. The minimum atomic E-state index is -0.573. The second-order valence-electron chi connectivity index (χ2n) is 11.5. The quantitative estimate of drug-likeness (QED) is 0.0912. The molecule has 0 saturated heterocycles. The molecule has 0 aliphatic rings. The van der Waals surface area contributed by atoms with Crippen LogP contribution in [0, 0.1) is 0 Å². The van der Waals surface area contributed by atoms with Gasteiger partial charge in [-0.15, -0.1) is 0 Å². The summed E-state index contributed by atoms with van der Waals surface area (Å²) in [4.78, 5) is 21.5.